The number of benzene rings is 1. The highest BCUT2D eigenvalue weighted by molar-refractivity contribution is 8.01. The monoisotopic (exact) mass is 293 g/mol. The fourth-order valence-corrected chi connectivity index (χ4v) is 4.11. The van der Waals surface area contributed by atoms with Crippen molar-refractivity contribution in [1.82, 2.24) is 0 Å². The summed E-state index contributed by atoms with van der Waals surface area (Å²) in [5.74, 6) is 0. The van der Waals surface area contributed by atoms with Gasteiger partial charge in [0.2, 0.25) is 0 Å². The van der Waals surface area contributed by atoms with Crippen LogP contribution in [0.2, 0.25) is 5.02 Å². The Kier molecular flexibility index (Phi) is 4.34. The first-order valence-electron chi connectivity index (χ1n) is 5.56. The molecule has 92 valence electrons. The van der Waals surface area contributed by atoms with Gasteiger partial charge in [-0.05, 0) is 17.7 Å². The van der Waals surface area contributed by atoms with E-state index in [-0.39, 0.29) is 0 Å². The number of nitrogens with zero attached hydrogens (tertiary/aromatic N) is 1. The molecule has 2 aromatic rings. The van der Waals surface area contributed by atoms with E-state index in [0.29, 0.717) is 10.3 Å². The maximum Gasteiger partial charge on any atom is 0.102 e. The Morgan fingerprint density at radius 2 is 1.94 bits per heavy atom. The predicted molar refractivity (Wildman–Crippen MR) is 80.5 cm³/mol. The van der Waals surface area contributed by atoms with Crippen molar-refractivity contribution in [3.63, 3.8) is 0 Å². The minimum absolute atomic E-state index is 0.480. The van der Waals surface area contributed by atoms with Crippen LogP contribution in [0.25, 0.3) is 11.1 Å². The largest absolute Gasteiger partial charge is 0.192 e. The topological polar surface area (TPSA) is 23.8 Å². The summed E-state index contributed by atoms with van der Waals surface area (Å²) in [5.41, 5.74) is 2.83. The summed E-state index contributed by atoms with van der Waals surface area (Å²) in [7, 11) is 0. The summed E-state index contributed by atoms with van der Waals surface area (Å²) in [5, 5.41) is 12.6. The van der Waals surface area contributed by atoms with E-state index in [1.807, 2.05) is 29.6 Å². The Labute approximate surface area is 120 Å². The first-order chi connectivity index (χ1) is 8.61. The molecule has 1 nitrogen and oxygen atoms in total. The highest BCUT2D eigenvalue weighted by Gasteiger charge is 2.14. The van der Waals surface area contributed by atoms with Gasteiger partial charge in [-0.15, -0.1) is 23.1 Å². The minimum Gasteiger partial charge on any atom is -0.192 e. The zero-order valence-corrected chi connectivity index (χ0v) is 12.5. The van der Waals surface area contributed by atoms with Crippen molar-refractivity contribution in [2.75, 3.05) is 0 Å². The molecular formula is C14H12ClNS2. The van der Waals surface area contributed by atoms with Crippen molar-refractivity contribution in [3.8, 4) is 17.2 Å². The van der Waals surface area contributed by atoms with Gasteiger partial charge in [0.25, 0.3) is 0 Å². The van der Waals surface area contributed by atoms with E-state index >= 15 is 0 Å². The van der Waals surface area contributed by atoms with Crippen molar-refractivity contribution in [1.29, 1.82) is 5.26 Å². The summed E-state index contributed by atoms with van der Waals surface area (Å²) in [4.78, 5) is 0. The van der Waals surface area contributed by atoms with Crippen LogP contribution < -0.4 is 0 Å². The van der Waals surface area contributed by atoms with E-state index in [0.717, 1.165) is 20.9 Å². The fourth-order valence-electron chi connectivity index (χ4n) is 1.59. The average Bonchev–Trinajstić information content (AvgIpc) is 2.72. The molecule has 0 fully saturated rings. The van der Waals surface area contributed by atoms with Crippen LogP contribution in [0, 0.1) is 11.3 Å². The van der Waals surface area contributed by atoms with E-state index in [2.05, 4.69) is 19.9 Å². The summed E-state index contributed by atoms with van der Waals surface area (Å²) in [6, 6.07) is 9.93. The van der Waals surface area contributed by atoms with Crippen LogP contribution in [0.4, 0.5) is 0 Å². The average molecular weight is 294 g/mol. The molecule has 0 saturated heterocycles. The maximum atomic E-state index is 9.33. The van der Waals surface area contributed by atoms with Gasteiger partial charge < -0.3 is 0 Å². The molecule has 1 aromatic carbocycles. The number of nitriles is 1. The first-order valence-corrected chi connectivity index (χ1v) is 7.69. The molecule has 0 radical (unpaired) electrons. The highest BCUT2D eigenvalue weighted by Crippen LogP contribution is 2.39. The van der Waals surface area contributed by atoms with Gasteiger partial charge in [0, 0.05) is 21.2 Å². The van der Waals surface area contributed by atoms with Crippen LogP contribution in [-0.4, -0.2) is 5.25 Å². The Bertz CT molecular complexity index is 579. The second kappa shape index (κ2) is 5.79. The van der Waals surface area contributed by atoms with Crippen molar-refractivity contribution in [3.05, 3.63) is 40.2 Å². The lowest BCUT2D eigenvalue weighted by atomic mass is 10.1. The molecule has 0 aliphatic carbocycles. The third kappa shape index (κ3) is 2.89. The molecule has 4 heteroatoms. The Balaban J connectivity index is 2.43. The summed E-state index contributed by atoms with van der Waals surface area (Å²) in [6.45, 7) is 4.26. The third-order valence-corrected chi connectivity index (χ3v) is 4.86. The molecule has 0 bridgehead atoms. The second-order valence-corrected chi connectivity index (χ2v) is 7.26. The van der Waals surface area contributed by atoms with Gasteiger partial charge in [-0.2, -0.15) is 5.26 Å². The van der Waals surface area contributed by atoms with Crippen molar-refractivity contribution < 1.29 is 0 Å². The van der Waals surface area contributed by atoms with E-state index in [1.54, 1.807) is 23.1 Å². The molecule has 0 saturated carbocycles. The standard InChI is InChI=1S/C14H12ClNS2/c1-9(2)18-14-12(7-16)13(8-17-14)10-3-5-11(15)6-4-10/h3-6,8-9H,1-2H3. The molecule has 0 amide bonds. The van der Waals surface area contributed by atoms with Crippen LogP contribution >= 0.6 is 34.7 Å². The van der Waals surface area contributed by atoms with Crippen LogP contribution in [0.15, 0.2) is 33.9 Å². The van der Waals surface area contributed by atoms with Gasteiger partial charge in [0.15, 0.2) is 0 Å². The molecule has 18 heavy (non-hydrogen) atoms. The molecule has 0 aliphatic rings. The van der Waals surface area contributed by atoms with Crippen LogP contribution in [0.1, 0.15) is 19.4 Å². The third-order valence-electron chi connectivity index (χ3n) is 2.37. The molecule has 0 aliphatic heterocycles. The van der Waals surface area contributed by atoms with Crippen LogP contribution in [-0.2, 0) is 0 Å². The van der Waals surface area contributed by atoms with Crippen LogP contribution in [0.5, 0.6) is 0 Å². The lowest BCUT2D eigenvalue weighted by Crippen LogP contribution is -1.86. The summed E-state index contributed by atoms with van der Waals surface area (Å²) < 4.78 is 1.09. The second-order valence-electron chi connectivity index (χ2n) is 4.10. The molecule has 0 unspecified atom stereocenters. The van der Waals surface area contributed by atoms with Gasteiger partial charge in [-0.25, -0.2) is 0 Å². The summed E-state index contributed by atoms with van der Waals surface area (Å²) in [6.07, 6.45) is 0. The Morgan fingerprint density at radius 3 is 2.50 bits per heavy atom. The predicted octanol–water partition coefficient (Wildman–Crippen LogP) is 5.44. The quantitative estimate of drug-likeness (QED) is 0.704. The van der Waals surface area contributed by atoms with E-state index in [4.69, 9.17) is 11.6 Å². The Hall–Kier alpha value is -0.950. The number of hydrogen-bond acceptors (Lipinski definition) is 3. The minimum atomic E-state index is 0.480. The maximum absolute atomic E-state index is 9.33. The molecular weight excluding hydrogens is 282 g/mol. The van der Waals surface area contributed by atoms with Gasteiger partial charge in [0.05, 0.1) is 9.77 Å². The fraction of sp³-hybridized carbons (Fsp3) is 0.214. The zero-order chi connectivity index (χ0) is 13.1. The molecule has 0 spiro atoms. The smallest absolute Gasteiger partial charge is 0.102 e. The number of thioether (sulfide) groups is 1. The normalized spacial score (nSPS) is 10.6. The molecule has 2 rings (SSSR count). The van der Waals surface area contributed by atoms with Gasteiger partial charge in [-0.3, -0.25) is 0 Å². The van der Waals surface area contributed by atoms with E-state index in [9.17, 15) is 5.26 Å². The molecule has 0 N–H and O–H groups in total. The highest BCUT2D eigenvalue weighted by atomic mass is 35.5. The van der Waals surface area contributed by atoms with E-state index < -0.39 is 0 Å². The SMILES string of the molecule is CC(C)Sc1scc(-c2ccc(Cl)cc2)c1C#N. The van der Waals surface area contributed by atoms with Crippen molar-refractivity contribution in [2.45, 2.75) is 23.3 Å². The van der Waals surface area contributed by atoms with E-state index in [1.165, 1.54) is 0 Å². The lowest BCUT2D eigenvalue weighted by Gasteiger charge is -2.03. The van der Waals surface area contributed by atoms with Gasteiger partial charge in [0.1, 0.15) is 6.07 Å². The Morgan fingerprint density at radius 1 is 1.28 bits per heavy atom. The lowest BCUT2D eigenvalue weighted by molar-refractivity contribution is 1.11. The number of thiophene rings is 1. The molecule has 1 aromatic heterocycles. The number of rotatable bonds is 3. The first kappa shape index (κ1) is 13.5. The van der Waals surface area contributed by atoms with Gasteiger partial charge in [-0.1, -0.05) is 37.6 Å². The van der Waals surface area contributed by atoms with Crippen molar-refractivity contribution >= 4 is 34.7 Å². The number of halogens is 1. The number of hydrogen-bond donors (Lipinski definition) is 0. The molecule has 1 heterocycles. The molecule has 0 atom stereocenters. The van der Waals surface area contributed by atoms with Crippen LogP contribution in [0.3, 0.4) is 0 Å². The zero-order valence-electron chi connectivity index (χ0n) is 10.1. The van der Waals surface area contributed by atoms with Gasteiger partial charge >= 0.3 is 0 Å². The van der Waals surface area contributed by atoms with Crippen molar-refractivity contribution in [2.24, 2.45) is 0 Å². The summed E-state index contributed by atoms with van der Waals surface area (Å²) >= 11 is 9.25.